The van der Waals surface area contributed by atoms with Crippen molar-refractivity contribution in [3.8, 4) is 11.5 Å². The van der Waals surface area contributed by atoms with Crippen LogP contribution in [0.4, 0.5) is 0 Å². The highest BCUT2D eigenvalue weighted by Gasteiger charge is 2.22. The normalized spacial score (nSPS) is 16.0. The minimum Gasteiger partial charge on any atom is -0.490 e. The van der Waals surface area contributed by atoms with Crippen LogP contribution in [0.2, 0.25) is 0 Å². The third-order valence-electron chi connectivity index (χ3n) is 4.57. The molecule has 1 amide bonds. The summed E-state index contributed by atoms with van der Waals surface area (Å²) in [5.74, 6) is 1.87. The standard InChI is InChI=1S/C22H22BrNO3S2/c1-3-14(2)15-4-7-18(8-5-15)26-10-11-27-19-9-6-17(23)12-16(19)13-20-21(25)24-22(28)29-20/h4-9,12-14H,3,10-11H2,1-2H3,(H,24,25,28)/b20-13-. The number of rotatable bonds is 8. The molecular formula is C22H22BrNO3S2. The van der Waals surface area contributed by atoms with Crippen LogP contribution in [0.5, 0.6) is 11.5 Å². The van der Waals surface area contributed by atoms with Gasteiger partial charge in [0.05, 0.1) is 4.91 Å². The molecule has 0 spiro atoms. The zero-order chi connectivity index (χ0) is 20.8. The van der Waals surface area contributed by atoms with Crippen molar-refractivity contribution in [2.24, 2.45) is 0 Å². The van der Waals surface area contributed by atoms with E-state index in [1.54, 1.807) is 6.08 Å². The van der Waals surface area contributed by atoms with Crippen LogP contribution in [0.1, 0.15) is 37.3 Å². The van der Waals surface area contributed by atoms with E-state index in [1.165, 1.54) is 17.3 Å². The van der Waals surface area contributed by atoms with Crippen molar-refractivity contribution in [2.45, 2.75) is 26.2 Å². The van der Waals surface area contributed by atoms with E-state index in [-0.39, 0.29) is 5.91 Å². The lowest BCUT2D eigenvalue weighted by atomic mass is 9.99. The van der Waals surface area contributed by atoms with E-state index in [1.807, 2.05) is 30.3 Å². The summed E-state index contributed by atoms with van der Waals surface area (Å²) in [6.45, 7) is 5.22. The number of amides is 1. The highest BCUT2D eigenvalue weighted by molar-refractivity contribution is 9.10. The molecule has 1 fully saturated rings. The largest absolute Gasteiger partial charge is 0.490 e. The van der Waals surface area contributed by atoms with E-state index < -0.39 is 0 Å². The molecule has 29 heavy (non-hydrogen) atoms. The monoisotopic (exact) mass is 491 g/mol. The Morgan fingerprint density at radius 1 is 1.17 bits per heavy atom. The fourth-order valence-corrected chi connectivity index (χ4v) is 4.18. The molecule has 3 rings (SSSR count). The molecular weight excluding hydrogens is 470 g/mol. The van der Waals surface area contributed by atoms with E-state index in [0.29, 0.717) is 34.1 Å². The van der Waals surface area contributed by atoms with Crippen LogP contribution in [0.3, 0.4) is 0 Å². The summed E-state index contributed by atoms with van der Waals surface area (Å²) in [5, 5.41) is 2.62. The van der Waals surface area contributed by atoms with Gasteiger partial charge in [0, 0.05) is 10.0 Å². The van der Waals surface area contributed by atoms with Gasteiger partial charge in [0.15, 0.2) is 0 Å². The third kappa shape index (κ3) is 6.07. The van der Waals surface area contributed by atoms with E-state index >= 15 is 0 Å². The van der Waals surface area contributed by atoms with Gasteiger partial charge in [0.25, 0.3) is 5.91 Å². The predicted molar refractivity (Wildman–Crippen MR) is 127 cm³/mol. The second-order valence-corrected chi connectivity index (χ2v) is 9.24. The van der Waals surface area contributed by atoms with Crippen LogP contribution in [-0.2, 0) is 4.79 Å². The molecule has 0 aliphatic carbocycles. The number of halogens is 1. The van der Waals surface area contributed by atoms with Gasteiger partial charge < -0.3 is 14.8 Å². The lowest BCUT2D eigenvalue weighted by Crippen LogP contribution is -2.17. The summed E-state index contributed by atoms with van der Waals surface area (Å²) >= 11 is 9.76. The highest BCUT2D eigenvalue weighted by Crippen LogP contribution is 2.31. The Kier molecular flexibility index (Phi) is 7.75. The molecule has 0 radical (unpaired) electrons. The Labute approximate surface area is 189 Å². The van der Waals surface area contributed by atoms with Crippen molar-refractivity contribution in [2.75, 3.05) is 13.2 Å². The Morgan fingerprint density at radius 3 is 2.55 bits per heavy atom. The zero-order valence-corrected chi connectivity index (χ0v) is 19.5. The first-order valence-corrected chi connectivity index (χ1v) is 11.4. The highest BCUT2D eigenvalue weighted by atomic mass is 79.9. The maximum Gasteiger partial charge on any atom is 0.263 e. The van der Waals surface area contributed by atoms with Gasteiger partial charge >= 0.3 is 0 Å². The van der Waals surface area contributed by atoms with Crippen molar-refractivity contribution >= 4 is 56.2 Å². The minimum atomic E-state index is -0.185. The summed E-state index contributed by atoms with van der Waals surface area (Å²) in [4.78, 5) is 12.5. The summed E-state index contributed by atoms with van der Waals surface area (Å²) in [5.41, 5.74) is 2.12. The van der Waals surface area contributed by atoms with Crippen LogP contribution in [0.25, 0.3) is 6.08 Å². The van der Waals surface area contributed by atoms with Crippen molar-refractivity contribution in [1.29, 1.82) is 0 Å². The summed E-state index contributed by atoms with van der Waals surface area (Å²) in [7, 11) is 0. The molecule has 1 N–H and O–H groups in total. The van der Waals surface area contributed by atoms with Crippen molar-refractivity contribution in [1.82, 2.24) is 5.32 Å². The number of hydrogen-bond acceptors (Lipinski definition) is 5. The van der Waals surface area contributed by atoms with Gasteiger partial charge in [-0.1, -0.05) is 65.9 Å². The number of benzene rings is 2. The molecule has 152 valence electrons. The smallest absolute Gasteiger partial charge is 0.263 e. The van der Waals surface area contributed by atoms with Gasteiger partial charge in [-0.05, 0) is 54.3 Å². The number of ether oxygens (including phenoxy) is 2. The second-order valence-electron chi connectivity index (χ2n) is 6.61. The number of hydrogen-bond donors (Lipinski definition) is 1. The third-order valence-corrected chi connectivity index (χ3v) is 6.23. The molecule has 0 bridgehead atoms. The first-order valence-electron chi connectivity index (χ1n) is 9.36. The summed E-state index contributed by atoms with van der Waals surface area (Å²) in [6.07, 6.45) is 2.90. The Balaban J connectivity index is 1.59. The molecule has 1 atom stereocenters. The number of thioether (sulfide) groups is 1. The molecule has 1 heterocycles. The zero-order valence-electron chi connectivity index (χ0n) is 16.2. The first-order chi connectivity index (χ1) is 14.0. The lowest BCUT2D eigenvalue weighted by molar-refractivity contribution is -0.115. The van der Waals surface area contributed by atoms with E-state index in [2.05, 4.69) is 47.2 Å². The molecule has 2 aromatic rings. The van der Waals surface area contributed by atoms with Gasteiger partial charge in [-0.2, -0.15) is 0 Å². The molecule has 1 aliphatic heterocycles. The average Bonchev–Trinajstić information content (AvgIpc) is 3.03. The number of carbonyl (C=O) groups is 1. The molecule has 0 aromatic heterocycles. The van der Waals surface area contributed by atoms with E-state index in [4.69, 9.17) is 21.7 Å². The van der Waals surface area contributed by atoms with Gasteiger partial charge in [-0.25, -0.2) is 0 Å². The van der Waals surface area contributed by atoms with E-state index in [0.717, 1.165) is 22.2 Å². The Bertz CT molecular complexity index is 928. The molecule has 1 aliphatic rings. The van der Waals surface area contributed by atoms with E-state index in [9.17, 15) is 4.79 Å². The van der Waals surface area contributed by atoms with Gasteiger partial charge in [0.2, 0.25) is 0 Å². The van der Waals surface area contributed by atoms with Crippen LogP contribution >= 0.6 is 39.9 Å². The maximum absolute atomic E-state index is 11.9. The van der Waals surface area contributed by atoms with Crippen LogP contribution in [-0.4, -0.2) is 23.4 Å². The summed E-state index contributed by atoms with van der Waals surface area (Å²) in [6, 6.07) is 13.9. The average molecular weight is 492 g/mol. The molecule has 2 aromatic carbocycles. The van der Waals surface area contributed by atoms with Crippen molar-refractivity contribution < 1.29 is 14.3 Å². The second kappa shape index (κ2) is 10.3. The van der Waals surface area contributed by atoms with Crippen LogP contribution in [0, 0.1) is 0 Å². The molecule has 0 saturated carbocycles. The Hall–Kier alpha value is -1.83. The molecule has 1 unspecified atom stereocenters. The topological polar surface area (TPSA) is 47.6 Å². The van der Waals surface area contributed by atoms with Crippen LogP contribution < -0.4 is 14.8 Å². The fraction of sp³-hybridized carbons (Fsp3) is 0.273. The predicted octanol–water partition coefficient (Wildman–Crippen LogP) is 5.91. The number of thiocarbonyl (C=S) groups is 1. The SMILES string of the molecule is CCC(C)c1ccc(OCCOc2ccc(Br)cc2/C=C2\SC(=S)NC2=O)cc1. The maximum atomic E-state index is 11.9. The van der Waals surface area contributed by atoms with Gasteiger partial charge in [0.1, 0.15) is 29.0 Å². The quantitative estimate of drug-likeness (QED) is 0.282. The molecule has 7 heteroatoms. The molecule has 1 saturated heterocycles. The number of carbonyl (C=O) groups excluding carboxylic acids is 1. The van der Waals surface area contributed by atoms with Gasteiger partial charge in [-0.15, -0.1) is 0 Å². The molecule has 4 nitrogen and oxygen atoms in total. The van der Waals surface area contributed by atoms with Crippen molar-refractivity contribution in [3.63, 3.8) is 0 Å². The Morgan fingerprint density at radius 2 is 1.90 bits per heavy atom. The first kappa shape index (κ1) is 21.9. The van der Waals surface area contributed by atoms with Crippen molar-refractivity contribution in [3.05, 3.63) is 63.0 Å². The van der Waals surface area contributed by atoms with Crippen LogP contribution in [0.15, 0.2) is 51.8 Å². The lowest BCUT2D eigenvalue weighted by Gasteiger charge is -2.12. The van der Waals surface area contributed by atoms with Gasteiger partial charge in [-0.3, -0.25) is 4.79 Å². The number of nitrogens with one attached hydrogen (secondary N) is 1. The minimum absolute atomic E-state index is 0.185. The summed E-state index contributed by atoms with van der Waals surface area (Å²) < 4.78 is 13.1. The fourth-order valence-electron chi connectivity index (χ4n) is 2.77.